The first-order chi connectivity index (χ1) is 9.24. The Labute approximate surface area is 116 Å². The van der Waals surface area contributed by atoms with Crippen LogP contribution in [0.4, 0.5) is 0 Å². The minimum atomic E-state index is -0.0478. The van der Waals surface area contributed by atoms with Crippen LogP contribution >= 0.6 is 0 Å². The maximum Gasteiger partial charge on any atom is 0.241 e. The lowest BCUT2D eigenvalue weighted by Crippen LogP contribution is -2.39. The normalized spacial score (nSPS) is 11.2. The standard InChI is InChI=1S/C13H28N4O2/c1-4-8-15-12(18)11-17-13(14-5-2)16-9-7-10-19-6-3/h4-11H2,1-3H3,(H,15,18)(H2,14,16,17). The average molecular weight is 272 g/mol. The van der Waals surface area contributed by atoms with Crippen LogP contribution in [0.15, 0.2) is 4.99 Å². The summed E-state index contributed by atoms with van der Waals surface area (Å²) < 4.78 is 5.25. The zero-order valence-corrected chi connectivity index (χ0v) is 12.4. The minimum absolute atomic E-state index is 0.0478. The van der Waals surface area contributed by atoms with Crippen molar-refractivity contribution in [2.45, 2.75) is 33.6 Å². The van der Waals surface area contributed by atoms with Gasteiger partial charge in [0.1, 0.15) is 6.54 Å². The zero-order chi connectivity index (χ0) is 14.3. The number of rotatable bonds is 10. The number of hydrogen-bond acceptors (Lipinski definition) is 3. The molecule has 0 bridgehead atoms. The van der Waals surface area contributed by atoms with Gasteiger partial charge in [0.05, 0.1) is 0 Å². The third kappa shape index (κ3) is 11.5. The van der Waals surface area contributed by atoms with Gasteiger partial charge in [-0.2, -0.15) is 0 Å². The summed E-state index contributed by atoms with van der Waals surface area (Å²) in [6.07, 6.45) is 1.85. The topological polar surface area (TPSA) is 74.8 Å². The largest absolute Gasteiger partial charge is 0.382 e. The molecular weight excluding hydrogens is 244 g/mol. The van der Waals surface area contributed by atoms with Gasteiger partial charge < -0.3 is 20.7 Å². The maximum atomic E-state index is 11.4. The van der Waals surface area contributed by atoms with E-state index >= 15 is 0 Å². The van der Waals surface area contributed by atoms with Crippen molar-refractivity contribution in [2.24, 2.45) is 4.99 Å². The lowest BCUT2D eigenvalue weighted by Gasteiger charge is -2.11. The summed E-state index contributed by atoms with van der Waals surface area (Å²) in [5.41, 5.74) is 0. The second-order valence-electron chi connectivity index (χ2n) is 4.02. The Bertz CT molecular complexity index is 257. The number of hydrogen-bond donors (Lipinski definition) is 3. The van der Waals surface area contributed by atoms with Crippen molar-refractivity contribution in [1.29, 1.82) is 0 Å². The quantitative estimate of drug-likeness (QED) is 0.307. The molecule has 0 aromatic carbocycles. The van der Waals surface area contributed by atoms with E-state index in [4.69, 9.17) is 4.74 Å². The van der Waals surface area contributed by atoms with E-state index in [1.54, 1.807) is 0 Å². The van der Waals surface area contributed by atoms with Crippen molar-refractivity contribution in [1.82, 2.24) is 16.0 Å². The zero-order valence-electron chi connectivity index (χ0n) is 12.4. The molecule has 0 aliphatic carbocycles. The molecule has 0 aliphatic heterocycles. The van der Waals surface area contributed by atoms with Gasteiger partial charge in [0.25, 0.3) is 0 Å². The molecule has 112 valence electrons. The molecular formula is C13H28N4O2. The van der Waals surface area contributed by atoms with Crippen LogP contribution < -0.4 is 16.0 Å². The molecule has 0 atom stereocenters. The highest BCUT2D eigenvalue weighted by atomic mass is 16.5. The van der Waals surface area contributed by atoms with Gasteiger partial charge in [0.2, 0.25) is 5.91 Å². The molecule has 0 rings (SSSR count). The Balaban J connectivity index is 3.90. The van der Waals surface area contributed by atoms with Gasteiger partial charge in [0, 0.05) is 32.8 Å². The van der Waals surface area contributed by atoms with Crippen LogP contribution in [0.25, 0.3) is 0 Å². The number of carbonyl (C=O) groups is 1. The van der Waals surface area contributed by atoms with Crippen LogP contribution in [-0.4, -0.2) is 51.3 Å². The Morgan fingerprint density at radius 1 is 1.11 bits per heavy atom. The van der Waals surface area contributed by atoms with E-state index in [0.29, 0.717) is 12.5 Å². The predicted octanol–water partition coefficient (Wildman–Crippen LogP) is 0.494. The first-order valence-electron chi connectivity index (χ1n) is 7.11. The summed E-state index contributed by atoms with van der Waals surface area (Å²) in [4.78, 5) is 15.7. The number of amides is 1. The number of aliphatic imine (C=N–C) groups is 1. The van der Waals surface area contributed by atoms with E-state index in [-0.39, 0.29) is 12.5 Å². The summed E-state index contributed by atoms with van der Waals surface area (Å²) in [6, 6.07) is 0. The fraction of sp³-hybridized carbons (Fsp3) is 0.846. The molecule has 6 heteroatoms. The molecule has 0 radical (unpaired) electrons. The highest BCUT2D eigenvalue weighted by molar-refractivity contribution is 5.84. The number of nitrogens with one attached hydrogen (secondary N) is 3. The SMILES string of the molecule is CCCNC(=O)CN=C(NCC)NCCCOCC. The highest BCUT2D eigenvalue weighted by Crippen LogP contribution is 1.82. The van der Waals surface area contributed by atoms with Crippen molar-refractivity contribution in [3.05, 3.63) is 0 Å². The molecule has 3 N–H and O–H groups in total. The van der Waals surface area contributed by atoms with E-state index in [2.05, 4.69) is 20.9 Å². The lowest BCUT2D eigenvalue weighted by molar-refractivity contribution is -0.119. The van der Waals surface area contributed by atoms with Gasteiger partial charge in [-0.05, 0) is 26.7 Å². The first kappa shape index (κ1) is 17.7. The molecule has 0 aromatic heterocycles. The molecule has 0 unspecified atom stereocenters. The van der Waals surface area contributed by atoms with Crippen molar-refractivity contribution in [3.8, 4) is 0 Å². The molecule has 0 fully saturated rings. The molecule has 0 spiro atoms. The van der Waals surface area contributed by atoms with Crippen LogP contribution in [0, 0.1) is 0 Å². The average Bonchev–Trinajstić information content (AvgIpc) is 2.42. The third-order valence-corrected chi connectivity index (χ3v) is 2.26. The van der Waals surface area contributed by atoms with Crippen LogP contribution in [0.5, 0.6) is 0 Å². The molecule has 0 saturated heterocycles. The Morgan fingerprint density at radius 2 is 1.89 bits per heavy atom. The molecule has 19 heavy (non-hydrogen) atoms. The molecule has 1 amide bonds. The Morgan fingerprint density at radius 3 is 2.53 bits per heavy atom. The van der Waals surface area contributed by atoms with Crippen molar-refractivity contribution < 1.29 is 9.53 Å². The summed E-state index contributed by atoms with van der Waals surface area (Å²) in [7, 11) is 0. The van der Waals surface area contributed by atoms with Crippen molar-refractivity contribution in [2.75, 3.05) is 39.4 Å². The van der Waals surface area contributed by atoms with Gasteiger partial charge in [-0.15, -0.1) is 0 Å². The summed E-state index contributed by atoms with van der Waals surface area (Å²) in [5, 5.41) is 9.07. The van der Waals surface area contributed by atoms with Gasteiger partial charge in [-0.1, -0.05) is 6.92 Å². The summed E-state index contributed by atoms with van der Waals surface area (Å²) in [5.74, 6) is 0.624. The van der Waals surface area contributed by atoms with E-state index in [0.717, 1.165) is 39.1 Å². The smallest absolute Gasteiger partial charge is 0.241 e. The fourth-order valence-corrected chi connectivity index (χ4v) is 1.34. The minimum Gasteiger partial charge on any atom is -0.382 e. The molecule has 0 aliphatic rings. The molecule has 0 aromatic rings. The van der Waals surface area contributed by atoms with Crippen LogP contribution in [0.2, 0.25) is 0 Å². The van der Waals surface area contributed by atoms with Gasteiger partial charge >= 0.3 is 0 Å². The number of ether oxygens (including phenoxy) is 1. The van der Waals surface area contributed by atoms with Crippen LogP contribution in [0.1, 0.15) is 33.6 Å². The number of carbonyl (C=O) groups excluding carboxylic acids is 1. The van der Waals surface area contributed by atoms with Crippen LogP contribution in [-0.2, 0) is 9.53 Å². The first-order valence-corrected chi connectivity index (χ1v) is 7.11. The number of nitrogens with zero attached hydrogens (tertiary/aromatic N) is 1. The van der Waals surface area contributed by atoms with E-state index in [1.165, 1.54) is 0 Å². The van der Waals surface area contributed by atoms with Gasteiger partial charge in [0.15, 0.2) is 5.96 Å². The predicted molar refractivity (Wildman–Crippen MR) is 78.4 cm³/mol. The van der Waals surface area contributed by atoms with E-state index < -0.39 is 0 Å². The highest BCUT2D eigenvalue weighted by Gasteiger charge is 2.00. The van der Waals surface area contributed by atoms with Gasteiger partial charge in [-0.25, -0.2) is 4.99 Å². The summed E-state index contributed by atoms with van der Waals surface area (Å²) in [6.45, 7) is 9.88. The maximum absolute atomic E-state index is 11.4. The summed E-state index contributed by atoms with van der Waals surface area (Å²) >= 11 is 0. The van der Waals surface area contributed by atoms with Crippen molar-refractivity contribution in [3.63, 3.8) is 0 Å². The molecule has 0 heterocycles. The fourth-order valence-electron chi connectivity index (χ4n) is 1.34. The van der Waals surface area contributed by atoms with Crippen molar-refractivity contribution >= 4 is 11.9 Å². The third-order valence-electron chi connectivity index (χ3n) is 2.26. The monoisotopic (exact) mass is 272 g/mol. The molecule has 6 nitrogen and oxygen atoms in total. The van der Waals surface area contributed by atoms with E-state index in [1.807, 2.05) is 20.8 Å². The van der Waals surface area contributed by atoms with Crippen LogP contribution in [0.3, 0.4) is 0 Å². The Kier molecular flexibility index (Phi) is 12.2. The second kappa shape index (κ2) is 13.1. The lowest BCUT2D eigenvalue weighted by atomic mass is 10.4. The van der Waals surface area contributed by atoms with Gasteiger partial charge in [-0.3, -0.25) is 4.79 Å². The Hall–Kier alpha value is -1.30. The second-order valence-corrected chi connectivity index (χ2v) is 4.02. The molecule has 0 saturated carbocycles. The van der Waals surface area contributed by atoms with E-state index in [9.17, 15) is 4.79 Å². The number of guanidine groups is 1.